The van der Waals surface area contributed by atoms with Crippen LogP contribution >= 0.6 is 11.6 Å². The Morgan fingerprint density at radius 2 is 1.79 bits per heavy atom. The van der Waals surface area contributed by atoms with Crippen molar-refractivity contribution in [1.29, 1.82) is 0 Å². The maximum atomic E-state index is 14.0. The summed E-state index contributed by atoms with van der Waals surface area (Å²) in [6.45, 7) is 16.9. The van der Waals surface area contributed by atoms with Crippen LogP contribution < -0.4 is 4.74 Å². The minimum Gasteiger partial charge on any atom is -0.458 e. The van der Waals surface area contributed by atoms with Gasteiger partial charge in [0.25, 0.3) is 5.88 Å². The molecule has 206 valence electrons. The Morgan fingerprint density at radius 1 is 1.08 bits per heavy atom. The lowest BCUT2D eigenvalue weighted by Crippen LogP contribution is -2.44. The summed E-state index contributed by atoms with van der Waals surface area (Å²) >= 11 is 5.73. The molecule has 0 N–H and O–H groups in total. The van der Waals surface area contributed by atoms with E-state index in [1.807, 2.05) is 26.8 Å². The molecule has 11 heteroatoms. The molecule has 0 bridgehead atoms. The monoisotopic (exact) mass is 562 g/mol. The molecular weight excluding hydrogens is 527 g/mol. The molecular formula is C27H36ClFN4O4Si. The number of carbonyl (C=O) groups excluding carboxylic acids is 1. The molecule has 0 aliphatic carbocycles. The van der Waals surface area contributed by atoms with Crippen LogP contribution in [0.1, 0.15) is 41.5 Å². The average molecular weight is 563 g/mol. The Kier molecular flexibility index (Phi) is 9.00. The Labute approximate surface area is 229 Å². The topological polar surface area (TPSA) is 88.4 Å². The third kappa shape index (κ3) is 7.84. The van der Waals surface area contributed by atoms with Gasteiger partial charge in [-0.3, -0.25) is 14.5 Å². The minimum atomic E-state index is -2.05. The zero-order valence-electron chi connectivity index (χ0n) is 23.2. The van der Waals surface area contributed by atoms with E-state index >= 15 is 0 Å². The van der Waals surface area contributed by atoms with E-state index in [1.54, 1.807) is 23.0 Å². The molecule has 3 heterocycles. The van der Waals surface area contributed by atoms with Gasteiger partial charge in [-0.05, 0) is 63.2 Å². The highest BCUT2D eigenvalue weighted by Crippen LogP contribution is 2.36. The van der Waals surface area contributed by atoms with E-state index in [0.717, 1.165) is 6.07 Å². The number of ether oxygens (including phenoxy) is 2. The molecule has 3 aromatic rings. The second kappa shape index (κ2) is 11.5. The van der Waals surface area contributed by atoms with Crippen LogP contribution in [0.25, 0.3) is 11.4 Å². The summed E-state index contributed by atoms with van der Waals surface area (Å²) < 4.78 is 33.4. The quantitative estimate of drug-likeness (QED) is 0.207. The highest BCUT2D eigenvalue weighted by molar-refractivity contribution is 6.74. The number of pyridine rings is 2. The van der Waals surface area contributed by atoms with Crippen LogP contribution in [0.5, 0.6) is 11.6 Å². The Balaban J connectivity index is 1.72. The first-order chi connectivity index (χ1) is 17.5. The van der Waals surface area contributed by atoms with E-state index in [-0.39, 0.29) is 28.5 Å². The molecule has 38 heavy (non-hydrogen) atoms. The summed E-state index contributed by atoms with van der Waals surface area (Å²) in [5, 5.41) is 4.82. The summed E-state index contributed by atoms with van der Waals surface area (Å²) in [7, 11) is -2.05. The molecule has 1 atom stereocenters. The van der Waals surface area contributed by atoms with E-state index in [4.69, 9.17) is 25.5 Å². The van der Waals surface area contributed by atoms with Gasteiger partial charge in [-0.2, -0.15) is 5.10 Å². The van der Waals surface area contributed by atoms with Crippen molar-refractivity contribution in [1.82, 2.24) is 19.7 Å². The fourth-order valence-electron chi connectivity index (χ4n) is 2.96. The van der Waals surface area contributed by atoms with Crippen molar-refractivity contribution in [3.63, 3.8) is 0 Å². The van der Waals surface area contributed by atoms with Crippen molar-refractivity contribution in [2.45, 2.75) is 72.3 Å². The molecule has 0 spiro atoms. The van der Waals surface area contributed by atoms with Gasteiger partial charge in [0.2, 0.25) is 0 Å². The third-order valence-corrected chi connectivity index (χ3v) is 11.0. The molecule has 0 amide bonds. The van der Waals surface area contributed by atoms with Crippen molar-refractivity contribution < 1.29 is 23.1 Å². The van der Waals surface area contributed by atoms with E-state index in [2.05, 4.69) is 48.9 Å². The fourth-order valence-corrected chi connectivity index (χ4v) is 4.14. The normalized spacial score (nSPS) is 13.3. The molecule has 0 fully saturated rings. The van der Waals surface area contributed by atoms with Gasteiger partial charge in [-0.15, -0.1) is 0 Å². The highest BCUT2D eigenvalue weighted by Gasteiger charge is 2.38. The van der Waals surface area contributed by atoms with Crippen LogP contribution in [-0.4, -0.2) is 46.7 Å². The summed E-state index contributed by atoms with van der Waals surface area (Å²) in [5.41, 5.74) is 0.586. The zero-order chi connectivity index (χ0) is 28.3. The van der Waals surface area contributed by atoms with E-state index in [1.165, 1.54) is 12.4 Å². The molecule has 0 aromatic carbocycles. The molecule has 3 aromatic heterocycles. The van der Waals surface area contributed by atoms with Gasteiger partial charge in [0.1, 0.15) is 17.5 Å². The van der Waals surface area contributed by atoms with Gasteiger partial charge in [-0.1, -0.05) is 32.4 Å². The van der Waals surface area contributed by atoms with Crippen LogP contribution in [0.15, 0.2) is 42.9 Å². The van der Waals surface area contributed by atoms with Crippen molar-refractivity contribution in [2.24, 2.45) is 5.41 Å². The van der Waals surface area contributed by atoms with E-state index in [9.17, 15) is 9.18 Å². The lowest BCUT2D eigenvalue weighted by atomic mass is 9.97. The predicted octanol–water partition coefficient (Wildman–Crippen LogP) is 6.90. The van der Waals surface area contributed by atoms with Crippen molar-refractivity contribution in [3.8, 4) is 23.0 Å². The van der Waals surface area contributed by atoms with Gasteiger partial charge in [0, 0.05) is 12.4 Å². The molecule has 1 unspecified atom stereocenters. The number of hydrogen-bond donors (Lipinski definition) is 0. The number of carbonyl (C=O) groups is 1. The Bertz CT molecular complexity index is 1250. The summed E-state index contributed by atoms with van der Waals surface area (Å²) in [6, 6.07) is 6.31. The van der Waals surface area contributed by atoms with Crippen molar-refractivity contribution in [2.75, 3.05) is 6.61 Å². The van der Waals surface area contributed by atoms with E-state index < -0.39 is 25.7 Å². The van der Waals surface area contributed by atoms with E-state index in [0.29, 0.717) is 23.7 Å². The van der Waals surface area contributed by atoms with Crippen LogP contribution in [0.2, 0.25) is 23.2 Å². The number of nitrogens with zero attached hydrogens (tertiary/aromatic N) is 4. The van der Waals surface area contributed by atoms with Crippen LogP contribution in [0.4, 0.5) is 4.39 Å². The Hall–Kier alpha value is -2.82. The number of aromatic nitrogens is 4. The Morgan fingerprint density at radius 3 is 2.37 bits per heavy atom. The first-order valence-corrected chi connectivity index (χ1v) is 15.7. The lowest BCUT2D eigenvalue weighted by Gasteiger charge is -2.37. The van der Waals surface area contributed by atoms with Crippen molar-refractivity contribution >= 4 is 25.9 Å². The van der Waals surface area contributed by atoms with Crippen molar-refractivity contribution in [3.05, 3.63) is 53.7 Å². The van der Waals surface area contributed by atoms with Crippen LogP contribution in [0, 0.1) is 11.2 Å². The fraction of sp³-hybridized carbons (Fsp3) is 0.481. The van der Waals surface area contributed by atoms with Gasteiger partial charge in [0.05, 0.1) is 35.5 Å². The first kappa shape index (κ1) is 29.7. The molecule has 0 saturated heterocycles. The number of rotatable bonds is 9. The maximum Gasteiger partial charge on any atom is 0.311 e. The maximum absolute atomic E-state index is 14.0. The van der Waals surface area contributed by atoms with Crippen LogP contribution in [-0.2, 0) is 20.5 Å². The van der Waals surface area contributed by atoms with Gasteiger partial charge >= 0.3 is 5.97 Å². The highest BCUT2D eigenvalue weighted by atomic mass is 35.5. The molecule has 8 nitrogen and oxygen atoms in total. The SMILES string of the molecule is CC(C)(C)C(=O)OC(CO[Si](C)(C)C(C)(C)C)Cn1ccc(-c2ccc(Oc3ncc(Cl)cc3F)cn2)n1. The number of halogens is 2. The molecule has 0 radical (unpaired) electrons. The lowest BCUT2D eigenvalue weighted by molar-refractivity contribution is -0.161. The molecule has 0 saturated carbocycles. The zero-order valence-corrected chi connectivity index (χ0v) is 25.0. The second-order valence-corrected chi connectivity index (χ2v) is 16.9. The van der Waals surface area contributed by atoms with Gasteiger partial charge in [-0.25, -0.2) is 9.37 Å². The number of esters is 1. The molecule has 0 aliphatic rings. The van der Waals surface area contributed by atoms with Gasteiger partial charge < -0.3 is 13.9 Å². The first-order valence-electron chi connectivity index (χ1n) is 12.4. The smallest absolute Gasteiger partial charge is 0.311 e. The minimum absolute atomic E-state index is 0.0292. The number of hydrogen-bond acceptors (Lipinski definition) is 7. The average Bonchev–Trinajstić information content (AvgIpc) is 3.27. The summed E-state index contributed by atoms with van der Waals surface area (Å²) in [4.78, 5) is 20.9. The summed E-state index contributed by atoms with van der Waals surface area (Å²) in [5.74, 6) is -0.833. The molecule has 0 aliphatic heterocycles. The van der Waals surface area contributed by atoms with Crippen LogP contribution in [0.3, 0.4) is 0 Å². The summed E-state index contributed by atoms with van der Waals surface area (Å²) in [6.07, 6.45) is 4.07. The second-order valence-electron chi connectivity index (χ2n) is 11.7. The van der Waals surface area contributed by atoms with Gasteiger partial charge in [0.15, 0.2) is 14.1 Å². The third-order valence-electron chi connectivity index (χ3n) is 6.34. The molecule has 3 rings (SSSR count). The predicted molar refractivity (Wildman–Crippen MR) is 147 cm³/mol. The standard InChI is InChI=1S/C27H36ClFN4O4Si/c1-26(2,3)25(34)37-20(17-35-38(7,8)27(4,5)6)16-33-12-11-23(32-33)22-10-9-19(15-30-22)36-24-21(29)13-18(28)14-31-24/h9-15,20H,16-17H2,1-8H3. The largest absolute Gasteiger partial charge is 0.458 e.